The molecule has 2 aliphatic heterocycles. The van der Waals surface area contributed by atoms with Gasteiger partial charge in [0.1, 0.15) is 18.6 Å². The predicted octanol–water partition coefficient (Wildman–Crippen LogP) is 4.65. The third kappa shape index (κ3) is 4.61. The molecule has 0 aromatic carbocycles. The van der Waals surface area contributed by atoms with E-state index in [1.165, 1.54) is 0 Å². The van der Waals surface area contributed by atoms with Crippen molar-refractivity contribution in [2.24, 2.45) is 26.2 Å². The van der Waals surface area contributed by atoms with E-state index in [-0.39, 0.29) is 16.2 Å². The van der Waals surface area contributed by atoms with Crippen LogP contribution in [0.3, 0.4) is 0 Å². The minimum Gasteiger partial charge on any atom is -0.478 e. The molecule has 0 fully saturated rings. The Morgan fingerprint density at radius 1 is 0.917 bits per heavy atom. The number of hydrogen-bond acceptors (Lipinski definition) is 4. The van der Waals surface area contributed by atoms with Crippen molar-refractivity contribution >= 4 is 11.8 Å². The summed E-state index contributed by atoms with van der Waals surface area (Å²) in [4.78, 5) is 9.15. The molecular weight excluding hydrogens is 300 g/mol. The number of aliphatic imine (C=N–C) groups is 2. The van der Waals surface area contributed by atoms with Gasteiger partial charge in [-0.3, -0.25) is 9.98 Å². The van der Waals surface area contributed by atoms with Crippen molar-refractivity contribution in [3.05, 3.63) is 12.7 Å². The van der Waals surface area contributed by atoms with Gasteiger partial charge in [-0.25, -0.2) is 0 Å². The Labute approximate surface area is 147 Å². The van der Waals surface area contributed by atoms with Crippen LogP contribution in [0.2, 0.25) is 0 Å². The van der Waals surface area contributed by atoms with Gasteiger partial charge in [-0.1, -0.05) is 33.8 Å². The third-order valence-corrected chi connectivity index (χ3v) is 5.07. The van der Waals surface area contributed by atoms with Crippen LogP contribution in [0.4, 0.5) is 0 Å². The first kappa shape index (κ1) is 19.0. The average Bonchev–Trinajstić information content (AvgIpc) is 3.16. The van der Waals surface area contributed by atoms with Gasteiger partial charge >= 0.3 is 0 Å². The molecule has 0 N–H and O–H groups in total. The topological polar surface area (TPSA) is 43.2 Å². The van der Waals surface area contributed by atoms with Crippen molar-refractivity contribution in [1.82, 2.24) is 0 Å². The van der Waals surface area contributed by atoms with E-state index in [1.54, 1.807) is 0 Å². The molecule has 0 unspecified atom stereocenters. The standard InChI is InChI=1S/C20H34N2O2/c1-7-8-18(2,3)15-19(4,5)9-10-20(6,16-21-11-13-23-16)17-22-12-14-24-17/h7H,1,8-15H2,2-6H3. The summed E-state index contributed by atoms with van der Waals surface area (Å²) in [5.74, 6) is 1.62. The molecule has 0 amide bonds. The molecule has 4 nitrogen and oxygen atoms in total. The first-order chi connectivity index (χ1) is 11.2. The highest BCUT2D eigenvalue weighted by Gasteiger charge is 2.43. The van der Waals surface area contributed by atoms with E-state index in [0.29, 0.717) is 13.2 Å². The maximum atomic E-state index is 5.81. The summed E-state index contributed by atoms with van der Waals surface area (Å²) in [6.07, 6.45) is 6.25. The Balaban J connectivity index is 2.08. The molecule has 136 valence electrons. The van der Waals surface area contributed by atoms with Gasteiger partial charge < -0.3 is 9.47 Å². The predicted molar refractivity (Wildman–Crippen MR) is 101 cm³/mol. The highest BCUT2D eigenvalue weighted by Crippen LogP contribution is 2.43. The molecule has 0 bridgehead atoms. The van der Waals surface area contributed by atoms with Gasteiger partial charge in [0.25, 0.3) is 0 Å². The van der Waals surface area contributed by atoms with Crippen molar-refractivity contribution in [3.63, 3.8) is 0 Å². The third-order valence-electron chi connectivity index (χ3n) is 5.07. The van der Waals surface area contributed by atoms with Crippen LogP contribution < -0.4 is 0 Å². The van der Waals surface area contributed by atoms with Crippen molar-refractivity contribution in [2.75, 3.05) is 26.3 Å². The lowest BCUT2D eigenvalue weighted by atomic mass is 9.69. The number of rotatable bonds is 9. The average molecular weight is 335 g/mol. The van der Waals surface area contributed by atoms with Gasteiger partial charge in [-0.05, 0) is 43.4 Å². The number of hydrogen-bond donors (Lipinski definition) is 0. The molecule has 24 heavy (non-hydrogen) atoms. The lowest BCUT2D eigenvalue weighted by Crippen LogP contribution is -2.38. The van der Waals surface area contributed by atoms with Crippen molar-refractivity contribution in [3.8, 4) is 0 Å². The van der Waals surface area contributed by atoms with Gasteiger partial charge in [0, 0.05) is 0 Å². The second-order valence-electron chi connectivity index (χ2n) is 8.90. The summed E-state index contributed by atoms with van der Waals surface area (Å²) in [6.45, 7) is 18.3. The largest absolute Gasteiger partial charge is 0.478 e. The minimum atomic E-state index is -0.327. The van der Waals surface area contributed by atoms with E-state index >= 15 is 0 Å². The molecule has 0 aromatic heterocycles. The Morgan fingerprint density at radius 2 is 1.46 bits per heavy atom. The monoisotopic (exact) mass is 334 g/mol. The fourth-order valence-corrected chi connectivity index (χ4v) is 4.08. The molecule has 0 atom stereocenters. The summed E-state index contributed by atoms with van der Waals surface area (Å²) in [5, 5.41) is 0. The first-order valence-electron chi connectivity index (χ1n) is 9.15. The normalized spacial score (nSPS) is 18.7. The molecular formula is C20H34N2O2. The van der Waals surface area contributed by atoms with Crippen molar-refractivity contribution < 1.29 is 9.47 Å². The maximum Gasteiger partial charge on any atom is 0.199 e. The summed E-state index contributed by atoms with van der Waals surface area (Å²) in [6, 6.07) is 0. The zero-order valence-corrected chi connectivity index (χ0v) is 16.2. The zero-order valence-electron chi connectivity index (χ0n) is 16.2. The maximum absolute atomic E-state index is 5.81. The molecule has 0 aromatic rings. The molecule has 2 aliphatic rings. The van der Waals surface area contributed by atoms with E-state index in [4.69, 9.17) is 9.47 Å². The lowest BCUT2D eigenvalue weighted by molar-refractivity contribution is 0.167. The van der Waals surface area contributed by atoms with E-state index in [9.17, 15) is 0 Å². The summed E-state index contributed by atoms with van der Waals surface area (Å²) >= 11 is 0. The highest BCUT2D eigenvalue weighted by atomic mass is 16.5. The van der Waals surface area contributed by atoms with Crippen LogP contribution >= 0.6 is 0 Å². The van der Waals surface area contributed by atoms with Gasteiger partial charge in [0.05, 0.1) is 13.1 Å². The van der Waals surface area contributed by atoms with Crippen LogP contribution in [0.25, 0.3) is 0 Å². The number of ether oxygens (including phenoxy) is 2. The second-order valence-corrected chi connectivity index (χ2v) is 8.90. The lowest BCUT2D eigenvalue weighted by Gasteiger charge is -2.37. The van der Waals surface area contributed by atoms with Crippen LogP contribution in [0.1, 0.15) is 60.3 Å². The smallest absolute Gasteiger partial charge is 0.199 e. The Bertz CT molecular complexity index is 494. The Hall–Kier alpha value is -1.32. The molecule has 2 heterocycles. The van der Waals surface area contributed by atoms with Crippen LogP contribution in [0.5, 0.6) is 0 Å². The number of allylic oxidation sites excluding steroid dienone is 1. The highest BCUT2D eigenvalue weighted by molar-refractivity contribution is 6.05. The van der Waals surface area contributed by atoms with E-state index in [1.807, 2.05) is 6.08 Å². The Morgan fingerprint density at radius 3 is 1.88 bits per heavy atom. The van der Waals surface area contributed by atoms with Crippen LogP contribution in [0, 0.1) is 16.2 Å². The van der Waals surface area contributed by atoms with Crippen LogP contribution in [-0.2, 0) is 9.47 Å². The zero-order chi connectivity index (χ0) is 17.8. The molecule has 2 rings (SSSR count). The van der Waals surface area contributed by atoms with E-state index < -0.39 is 0 Å². The van der Waals surface area contributed by atoms with Gasteiger partial charge in [0.15, 0.2) is 11.8 Å². The molecule has 0 radical (unpaired) electrons. The molecule has 0 saturated carbocycles. The van der Waals surface area contributed by atoms with Crippen molar-refractivity contribution in [1.29, 1.82) is 0 Å². The summed E-state index contributed by atoms with van der Waals surface area (Å²) < 4.78 is 11.6. The fourth-order valence-electron chi connectivity index (χ4n) is 4.08. The van der Waals surface area contributed by atoms with Gasteiger partial charge in [-0.15, -0.1) is 6.58 Å². The summed E-state index contributed by atoms with van der Waals surface area (Å²) in [5.41, 5.74) is 0.170. The molecule has 0 saturated heterocycles. The van der Waals surface area contributed by atoms with Crippen LogP contribution in [-0.4, -0.2) is 38.1 Å². The Kier molecular flexibility index (Phi) is 5.77. The van der Waals surface area contributed by atoms with Gasteiger partial charge in [-0.2, -0.15) is 0 Å². The van der Waals surface area contributed by atoms with Gasteiger partial charge in [0.2, 0.25) is 0 Å². The fraction of sp³-hybridized carbons (Fsp3) is 0.800. The SMILES string of the molecule is C=CCC(C)(C)CC(C)(C)CCC(C)(C1=NCCO1)C1=NCCO1. The summed E-state index contributed by atoms with van der Waals surface area (Å²) in [7, 11) is 0. The number of nitrogens with zero attached hydrogens (tertiary/aromatic N) is 2. The molecule has 4 heteroatoms. The first-order valence-corrected chi connectivity index (χ1v) is 9.15. The minimum absolute atomic E-state index is 0.228. The quantitative estimate of drug-likeness (QED) is 0.576. The second kappa shape index (κ2) is 7.28. The van der Waals surface area contributed by atoms with Crippen LogP contribution in [0.15, 0.2) is 22.6 Å². The van der Waals surface area contributed by atoms with E-state index in [2.05, 4.69) is 51.2 Å². The molecule has 0 spiro atoms. The van der Waals surface area contributed by atoms with Crippen molar-refractivity contribution in [2.45, 2.75) is 60.3 Å². The molecule has 0 aliphatic carbocycles. The van der Waals surface area contributed by atoms with E-state index in [0.717, 1.165) is 50.6 Å².